The Kier molecular flexibility index (Phi) is 52.5. The number of unbranched alkanes of at least 4 members (excludes halogenated alkanes) is 1. The molecular formula is C39H114O12Si9. The Balaban J connectivity index is -0.0000000886. The van der Waals surface area contributed by atoms with Crippen LogP contribution in [0.5, 0.6) is 0 Å². The fraction of sp³-hybridized carbons (Fsp3) is 1.00. The average molecular weight is 1030 g/mol. The largest absolute Gasteiger partial charge is 0.500 e. The molecule has 378 valence electrons. The summed E-state index contributed by atoms with van der Waals surface area (Å²) in [6.45, 7) is 31.9. The third kappa shape index (κ3) is 40.9. The molecule has 0 radical (unpaired) electrons. The van der Waals surface area contributed by atoms with E-state index in [2.05, 4.69) is 91.7 Å². The van der Waals surface area contributed by atoms with Crippen molar-refractivity contribution in [3.05, 3.63) is 0 Å². The molecule has 0 saturated heterocycles. The van der Waals surface area contributed by atoms with Gasteiger partial charge >= 0.3 is 26.4 Å². The van der Waals surface area contributed by atoms with Crippen molar-refractivity contribution in [1.29, 1.82) is 0 Å². The van der Waals surface area contributed by atoms with Crippen LogP contribution in [0.2, 0.25) is 128 Å². The summed E-state index contributed by atoms with van der Waals surface area (Å²) in [5.41, 5.74) is 0. The molecule has 0 aliphatic carbocycles. The van der Waals surface area contributed by atoms with E-state index >= 15 is 0 Å². The molecule has 0 N–H and O–H groups in total. The number of hydrogen-bond acceptors (Lipinski definition) is 12. The Hall–Kier alpha value is 1.47. The maximum atomic E-state index is 6.33. The van der Waals surface area contributed by atoms with Crippen LogP contribution in [0.25, 0.3) is 0 Å². The first kappa shape index (κ1) is 81.6. The lowest BCUT2D eigenvalue weighted by Crippen LogP contribution is -2.47. The maximum absolute atomic E-state index is 6.33. The van der Waals surface area contributed by atoms with E-state index in [0.717, 1.165) is 55.7 Å². The van der Waals surface area contributed by atoms with Crippen LogP contribution in [-0.2, 0) is 52.5 Å². The summed E-state index contributed by atoms with van der Waals surface area (Å²) in [7, 11) is -0.343. The van der Waals surface area contributed by atoms with Gasteiger partial charge < -0.3 is 52.5 Å². The molecule has 0 fully saturated rings. The van der Waals surface area contributed by atoms with Crippen LogP contribution in [0.4, 0.5) is 0 Å². The minimum absolute atomic E-state index is 0. The monoisotopic (exact) mass is 1030 g/mol. The molecule has 0 aliphatic heterocycles. The van der Waals surface area contributed by atoms with E-state index in [1.54, 1.807) is 64.0 Å². The maximum Gasteiger partial charge on any atom is 0.500 e. The second-order valence-electron chi connectivity index (χ2n) is 17.9. The Morgan fingerprint density at radius 2 is 0.567 bits per heavy atom. The normalized spacial score (nSPS) is 12.4. The van der Waals surface area contributed by atoms with Gasteiger partial charge in [0.1, 0.15) is 0 Å². The Labute approximate surface area is 389 Å². The van der Waals surface area contributed by atoms with Gasteiger partial charge in [0.05, 0.1) is 8.80 Å². The fourth-order valence-electron chi connectivity index (χ4n) is 5.97. The van der Waals surface area contributed by atoms with Crippen molar-refractivity contribution in [3.8, 4) is 0 Å². The molecule has 12 nitrogen and oxygen atoms in total. The molecule has 60 heavy (non-hydrogen) atoms. The SMILES string of the molecule is C.C.C.C.C.C.CO[Si](CCCC[Si](C)(C)O[Si](C)(C)C)(OC)OC.CO[Si](CCC[Si](C)(C)OC[SiH](C)C)(OC)OC.CO[Si](CC[Si](C)(C)O[Si](C)(C)C)(OC)OC. The summed E-state index contributed by atoms with van der Waals surface area (Å²) in [5, 5.41) is 0. The molecular weight excluding hydrogens is 913 g/mol. The predicted octanol–water partition coefficient (Wildman–Crippen LogP) is 12.9. The van der Waals surface area contributed by atoms with Gasteiger partial charge in [-0.15, -0.1) is 0 Å². The van der Waals surface area contributed by atoms with E-state index < -0.39 is 76.8 Å². The first-order valence-electron chi connectivity index (χ1n) is 19.5. The van der Waals surface area contributed by atoms with Crippen LogP contribution < -0.4 is 0 Å². The molecule has 0 aromatic carbocycles. The smallest absolute Gasteiger partial charge is 0.456 e. The van der Waals surface area contributed by atoms with Crippen molar-refractivity contribution in [3.63, 3.8) is 0 Å². The lowest BCUT2D eigenvalue weighted by molar-refractivity contribution is 0.122. The molecule has 0 aromatic heterocycles. The van der Waals surface area contributed by atoms with Gasteiger partial charge in [0.25, 0.3) is 0 Å². The molecule has 0 heterocycles. The zero-order valence-electron chi connectivity index (χ0n) is 39.5. The second kappa shape index (κ2) is 38.6. The highest BCUT2D eigenvalue weighted by molar-refractivity contribution is 6.85. The van der Waals surface area contributed by atoms with Crippen molar-refractivity contribution in [2.75, 3.05) is 70.2 Å². The van der Waals surface area contributed by atoms with Crippen molar-refractivity contribution in [1.82, 2.24) is 0 Å². The molecule has 0 saturated carbocycles. The van der Waals surface area contributed by atoms with Crippen molar-refractivity contribution in [2.24, 2.45) is 0 Å². The van der Waals surface area contributed by atoms with E-state index in [9.17, 15) is 0 Å². The first-order chi connectivity index (χ1) is 24.5. The molecule has 0 bridgehead atoms. The molecule has 21 heteroatoms. The van der Waals surface area contributed by atoms with Crippen LogP contribution in [0.3, 0.4) is 0 Å². The lowest BCUT2D eigenvalue weighted by atomic mass is 10.4. The molecule has 0 atom stereocenters. The van der Waals surface area contributed by atoms with Crippen molar-refractivity contribution >= 4 is 76.8 Å². The van der Waals surface area contributed by atoms with Gasteiger partial charge in [-0.2, -0.15) is 0 Å². The quantitative estimate of drug-likeness (QED) is 0.0549. The van der Waals surface area contributed by atoms with Gasteiger partial charge in [0, 0.05) is 88.4 Å². The predicted molar refractivity (Wildman–Crippen MR) is 290 cm³/mol. The zero-order chi connectivity index (χ0) is 43.1. The highest BCUT2D eigenvalue weighted by atomic mass is 28.4. The van der Waals surface area contributed by atoms with Crippen LogP contribution >= 0.6 is 0 Å². The topological polar surface area (TPSA) is 111 Å². The van der Waals surface area contributed by atoms with Crippen LogP contribution in [0, 0.1) is 0 Å². The molecule has 0 unspecified atom stereocenters. The van der Waals surface area contributed by atoms with Crippen LogP contribution in [-0.4, -0.2) is 147 Å². The molecule has 0 aliphatic rings. The van der Waals surface area contributed by atoms with Gasteiger partial charge in [-0.25, -0.2) is 0 Å². The Morgan fingerprint density at radius 3 is 0.850 bits per heavy atom. The minimum atomic E-state index is -2.43. The van der Waals surface area contributed by atoms with Crippen LogP contribution in [0.1, 0.15) is 63.8 Å². The Bertz CT molecular complexity index is 905. The van der Waals surface area contributed by atoms with Crippen molar-refractivity contribution < 1.29 is 52.5 Å². The van der Waals surface area contributed by atoms with Gasteiger partial charge in [-0.1, -0.05) is 64.1 Å². The first-order valence-corrected chi connectivity index (χ1v) is 44.6. The summed E-state index contributed by atoms with van der Waals surface area (Å²) in [6.07, 6.45) is 4.29. The summed E-state index contributed by atoms with van der Waals surface area (Å²) in [6, 6.07) is 5.93. The number of rotatable bonds is 28. The van der Waals surface area contributed by atoms with E-state index in [0.29, 0.717) is 0 Å². The summed E-state index contributed by atoms with van der Waals surface area (Å²) >= 11 is 0. The summed E-state index contributed by atoms with van der Waals surface area (Å²) < 4.78 is 67.6. The second-order valence-corrected chi connectivity index (χ2v) is 52.7. The molecule has 0 spiro atoms. The highest BCUT2D eigenvalue weighted by Crippen LogP contribution is 2.26. The van der Waals surface area contributed by atoms with Gasteiger partial charge in [0.2, 0.25) is 0 Å². The average Bonchev–Trinajstić information content (AvgIpc) is 3.06. The highest BCUT2D eigenvalue weighted by Gasteiger charge is 2.42. The lowest BCUT2D eigenvalue weighted by Gasteiger charge is -2.33. The third-order valence-electron chi connectivity index (χ3n) is 8.58. The van der Waals surface area contributed by atoms with Crippen LogP contribution in [0.15, 0.2) is 0 Å². The summed E-state index contributed by atoms with van der Waals surface area (Å²) in [5.74, 6) is 0. The number of hydrogen-bond donors (Lipinski definition) is 0. The standard InChI is InChI=1S/C12H32O4Si3.C11H30O4Si3.C10H28O4Si3.6CH4/c1-13-19(14-2,15-3)12-10-9-11-18(7,8)16-17(4,5)6;1-12-18(13-2,14-3)10-8-9-17(6,7)15-11-16(4)5;1-11-17(12-2,13-3)10-9-16(7,8)14-15(4,5)6;;;;;;/h9-12H2,1-8H3;16H,8-11H2,1-7H3;9-10H2,1-8H3;6*1H4. The summed E-state index contributed by atoms with van der Waals surface area (Å²) in [4.78, 5) is 0. The fourth-order valence-corrected chi connectivity index (χ4v) is 34.1. The van der Waals surface area contributed by atoms with Gasteiger partial charge in [-0.05, 0) is 110 Å². The third-order valence-corrected chi connectivity index (χ3v) is 33.5. The molecule has 0 amide bonds. The van der Waals surface area contributed by atoms with E-state index in [-0.39, 0.29) is 44.6 Å². The minimum Gasteiger partial charge on any atom is -0.456 e. The van der Waals surface area contributed by atoms with Gasteiger partial charge in [0.15, 0.2) is 41.6 Å². The van der Waals surface area contributed by atoms with E-state index in [4.69, 9.17) is 52.5 Å². The molecule has 0 rings (SSSR count). The zero-order valence-corrected chi connectivity index (χ0v) is 48.7. The Morgan fingerprint density at radius 1 is 0.317 bits per heavy atom. The van der Waals surface area contributed by atoms with E-state index in [1.807, 2.05) is 0 Å². The van der Waals surface area contributed by atoms with Crippen molar-refractivity contribution in [2.45, 2.75) is 192 Å². The van der Waals surface area contributed by atoms with Gasteiger partial charge in [-0.3, -0.25) is 0 Å². The molecule has 0 aromatic rings. The van der Waals surface area contributed by atoms with E-state index in [1.165, 1.54) is 6.04 Å².